The van der Waals surface area contributed by atoms with Crippen LogP contribution in [-0.2, 0) is 18.4 Å². The van der Waals surface area contributed by atoms with Gasteiger partial charge in [-0.15, -0.1) is 24.8 Å². The molecule has 29 heavy (non-hydrogen) atoms. The predicted molar refractivity (Wildman–Crippen MR) is 119 cm³/mol. The van der Waals surface area contributed by atoms with E-state index in [0.717, 1.165) is 36.5 Å². The lowest BCUT2D eigenvalue weighted by molar-refractivity contribution is -0.135. The molecule has 0 aliphatic carbocycles. The van der Waals surface area contributed by atoms with Crippen LogP contribution in [0, 0.1) is 0 Å². The van der Waals surface area contributed by atoms with Crippen molar-refractivity contribution in [3.05, 3.63) is 46.7 Å². The topological polar surface area (TPSA) is 62.6 Å². The first-order valence-electron chi connectivity index (χ1n) is 9.01. The molecule has 1 N–H and O–H groups in total. The third-order valence-corrected chi connectivity index (χ3v) is 5.15. The van der Waals surface area contributed by atoms with Crippen LogP contribution >= 0.6 is 36.4 Å². The van der Waals surface area contributed by atoms with Gasteiger partial charge in [0.1, 0.15) is 11.8 Å². The number of hydrogen-bond donors (Lipinski definition) is 1. The molecule has 1 aromatic carbocycles. The van der Waals surface area contributed by atoms with E-state index in [1.165, 1.54) is 0 Å². The Labute approximate surface area is 189 Å². The number of benzene rings is 1. The summed E-state index contributed by atoms with van der Waals surface area (Å²) in [5.41, 5.74) is 1.95. The van der Waals surface area contributed by atoms with Crippen molar-refractivity contribution < 1.29 is 9.53 Å². The number of nitrogens with one attached hydrogen (secondary N) is 1. The minimum atomic E-state index is -0.363. The van der Waals surface area contributed by atoms with Gasteiger partial charge in [-0.2, -0.15) is 5.10 Å². The van der Waals surface area contributed by atoms with Gasteiger partial charge in [0.2, 0.25) is 5.91 Å². The van der Waals surface area contributed by atoms with Crippen LogP contribution in [0.2, 0.25) is 5.02 Å². The van der Waals surface area contributed by atoms with Crippen molar-refractivity contribution in [2.24, 2.45) is 7.05 Å². The molecular weight excluding hydrogens is 437 g/mol. The first-order valence-corrected chi connectivity index (χ1v) is 9.39. The highest BCUT2D eigenvalue weighted by atomic mass is 35.5. The summed E-state index contributed by atoms with van der Waals surface area (Å²) in [5.74, 6) is 0.926. The standard InChI is InChI=1S/C19H26ClN5O2.2ClH/c1-21-18(15-11-22-23(2)12-15)19(26)25-8-6-24(7-9-25)13-14-10-16(20)4-5-17(14)27-3;;/h4-5,10-12,18,21H,6-9,13H2,1-3H3;2*1H. The summed E-state index contributed by atoms with van der Waals surface area (Å²) < 4.78 is 7.14. The number of hydrogen-bond acceptors (Lipinski definition) is 5. The van der Waals surface area contributed by atoms with E-state index in [0.29, 0.717) is 18.1 Å². The van der Waals surface area contributed by atoms with Crippen molar-refractivity contribution in [1.82, 2.24) is 24.9 Å². The van der Waals surface area contributed by atoms with Gasteiger partial charge in [0, 0.05) is 62.1 Å². The fourth-order valence-corrected chi connectivity index (χ4v) is 3.64. The number of carbonyl (C=O) groups excluding carboxylic acids is 1. The minimum Gasteiger partial charge on any atom is -0.496 e. The Morgan fingerprint density at radius 3 is 2.52 bits per heavy atom. The molecule has 1 atom stereocenters. The van der Waals surface area contributed by atoms with Crippen molar-refractivity contribution in [3.63, 3.8) is 0 Å². The Morgan fingerprint density at radius 2 is 1.97 bits per heavy atom. The summed E-state index contributed by atoms with van der Waals surface area (Å²) in [6, 6.07) is 5.30. The van der Waals surface area contributed by atoms with Crippen LogP contribution in [0.1, 0.15) is 17.2 Å². The van der Waals surface area contributed by atoms with Crippen LogP contribution in [0.4, 0.5) is 0 Å². The SMILES string of the molecule is CNC(C(=O)N1CCN(Cc2cc(Cl)ccc2OC)CC1)c1cnn(C)c1.Cl.Cl. The smallest absolute Gasteiger partial charge is 0.244 e. The van der Waals surface area contributed by atoms with E-state index >= 15 is 0 Å². The fraction of sp³-hybridized carbons (Fsp3) is 0.474. The predicted octanol–water partition coefficient (Wildman–Crippen LogP) is 2.53. The Kier molecular flexibility index (Phi) is 10.2. The third-order valence-electron chi connectivity index (χ3n) is 4.91. The number of piperazine rings is 1. The molecule has 0 bridgehead atoms. The zero-order chi connectivity index (χ0) is 19.4. The molecule has 7 nitrogen and oxygen atoms in total. The van der Waals surface area contributed by atoms with E-state index in [4.69, 9.17) is 16.3 Å². The van der Waals surface area contributed by atoms with Crippen LogP contribution < -0.4 is 10.1 Å². The zero-order valence-corrected chi connectivity index (χ0v) is 19.2. The van der Waals surface area contributed by atoms with Crippen LogP contribution in [0.3, 0.4) is 0 Å². The van der Waals surface area contributed by atoms with Crippen LogP contribution in [0.15, 0.2) is 30.6 Å². The van der Waals surface area contributed by atoms with E-state index in [1.54, 1.807) is 25.0 Å². The highest BCUT2D eigenvalue weighted by molar-refractivity contribution is 6.30. The lowest BCUT2D eigenvalue weighted by Crippen LogP contribution is -2.51. The molecule has 0 spiro atoms. The average Bonchev–Trinajstić information content (AvgIpc) is 3.09. The molecule has 0 radical (unpaired) electrons. The number of carbonyl (C=O) groups is 1. The number of amides is 1. The van der Waals surface area contributed by atoms with E-state index in [-0.39, 0.29) is 36.8 Å². The van der Waals surface area contributed by atoms with Gasteiger partial charge in [-0.05, 0) is 25.2 Å². The Balaban J connectivity index is 0.00000210. The number of likely N-dealkylation sites (N-methyl/N-ethyl adjacent to an activating group) is 1. The molecule has 1 fully saturated rings. The summed E-state index contributed by atoms with van der Waals surface area (Å²) in [6.45, 7) is 3.76. The van der Waals surface area contributed by atoms with Crippen LogP contribution in [-0.4, -0.2) is 65.8 Å². The molecule has 1 amide bonds. The quantitative estimate of drug-likeness (QED) is 0.712. The molecular formula is C19H28Cl3N5O2. The Hall–Kier alpha value is -1.51. The van der Waals surface area contributed by atoms with Crippen LogP contribution in [0.25, 0.3) is 0 Å². The van der Waals surface area contributed by atoms with E-state index < -0.39 is 0 Å². The van der Waals surface area contributed by atoms with Gasteiger partial charge in [-0.25, -0.2) is 0 Å². The summed E-state index contributed by atoms with van der Waals surface area (Å²) in [7, 11) is 5.32. The van der Waals surface area contributed by atoms with Crippen molar-refractivity contribution in [3.8, 4) is 5.75 Å². The summed E-state index contributed by atoms with van der Waals surface area (Å²) >= 11 is 6.13. The Morgan fingerprint density at radius 1 is 1.28 bits per heavy atom. The maximum Gasteiger partial charge on any atom is 0.244 e. The average molecular weight is 465 g/mol. The van der Waals surface area contributed by atoms with Crippen molar-refractivity contribution in [2.75, 3.05) is 40.3 Å². The monoisotopic (exact) mass is 463 g/mol. The molecule has 0 saturated carbocycles. The number of aryl methyl sites for hydroxylation is 1. The second kappa shape index (κ2) is 11.6. The molecule has 1 aliphatic rings. The van der Waals surface area contributed by atoms with E-state index in [9.17, 15) is 4.79 Å². The number of nitrogens with zero attached hydrogens (tertiary/aromatic N) is 4. The van der Waals surface area contributed by atoms with Gasteiger partial charge in [0.15, 0.2) is 0 Å². The minimum absolute atomic E-state index is 0. The molecule has 1 aliphatic heterocycles. The van der Waals surface area contributed by atoms with Gasteiger partial charge < -0.3 is 15.0 Å². The molecule has 2 heterocycles. The highest BCUT2D eigenvalue weighted by Crippen LogP contribution is 2.25. The van der Waals surface area contributed by atoms with Gasteiger partial charge >= 0.3 is 0 Å². The molecule has 2 aromatic rings. The first kappa shape index (κ1) is 25.5. The molecule has 3 rings (SSSR count). The lowest BCUT2D eigenvalue weighted by Gasteiger charge is -2.36. The number of aromatic nitrogens is 2. The molecule has 162 valence electrons. The van der Waals surface area contributed by atoms with Crippen molar-refractivity contribution in [1.29, 1.82) is 0 Å². The van der Waals surface area contributed by atoms with Gasteiger partial charge in [-0.3, -0.25) is 14.4 Å². The van der Waals surface area contributed by atoms with E-state index in [1.807, 2.05) is 36.3 Å². The maximum absolute atomic E-state index is 12.9. The summed E-state index contributed by atoms with van der Waals surface area (Å²) in [6.07, 6.45) is 3.61. The summed E-state index contributed by atoms with van der Waals surface area (Å²) in [4.78, 5) is 17.2. The number of ether oxygens (including phenoxy) is 1. The molecule has 1 aromatic heterocycles. The fourth-order valence-electron chi connectivity index (χ4n) is 3.44. The van der Waals surface area contributed by atoms with E-state index in [2.05, 4.69) is 15.3 Å². The van der Waals surface area contributed by atoms with Crippen molar-refractivity contribution >= 4 is 42.3 Å². The van der Waals surface area contributed by atoms with Crippen LogP contribution in [0.5, 0.6) is 5.75 Å². The number of halogens is 3. The normalized spacial score (nSPS) is 15.2. The van der Waals surface area contributed by atoms with Gasteiger partial charge in [0.25, 0.3) is 0 Å². The maximum atomic E-state index is 12.9. The van der Waals surface area contributed by atoms with Gasteiger partial charge in [-0.1, -0.05) is 11.6 Å². The second-order valence-electron chi connectivity index (χ2n) is 6.73. The molecule has 1 saturated heterocycles. The van der Waals surface area contributed by atoms with Gasteiger partial charge in [0.05, 0.1) is 13.3 Å². The largest absolute Gasteiger partial charge is 0.496 e. The lowest BCUT2D eigenvalue weighted by atomic mass is 10.1. The molecule has 1 unspecified atom stereocenters. The Bertz CT molecular complexity index is 794. The number of rotatable bonds is 6. The van der Waals surface area contributed by atoms with Crippen molar-refractivity contribution in [2.45, 2.75) is 12.6 Å². The highest BCUT2D eigenvalue weighted by Gasteiger charge is 2.28. The zero-order valence-electron chi connectivity index (χ0n) is 16.8. The molecule has 10 heteroatoms. The second-order valence-corrected chi connectivity index (χ2v) is 7.16. The first-order chi connectivity index (χ1) is 13.0. The summed E-state index contributed by atoms with van der Waals surface area (Å²) in [5, 5.41) is 7.98. The third kappa shape index (κ3) is 6.23. The number of methoxy groups -OCH3 is 1.